The molecular weight excluding hydrogens is 389 g/mol. The highest BCUT2D eigenvalue weighted by atomic mass is 79.9. The van der Waals surface area contributed by atoms with Crippen molar-refractivity contribution in [3.8, 4) is 5.75 Å². The van der Waals surface area contributed by atoms with Gasteiger partial charge in [0.15, 0.2) is 0 Å². The molecule has 0 aliphatic heterocycles. The summed E-state index contributed by atoms with van der Waals surface area (Å²) in [5, 5.41) is 0. The van der Waals surface area contributed by atoms with Crippen LogP contribution in [0.4, 0.5) is 4.39 Å². The van der Waals surface area contributed by atoms with Crippen molar-refractivity contribution in [1.29, 1.82) is 0 Å². The van der Waals surface area contributed by atoms with Crippen LogP contribution in [0.1, 0.15) is 24.1 Å². The third-order valence-electron chi connectivity index (χ3n) is 2.90. The van der Waals surface area contributed by atoms with Crippen molar-refractivity contribution in [2.75, 3.05) is 6.61 Å². The highest BCUT2D eigenvalue weighted by molar-refractivity contribution is 9.10. The Morgan fingerprint density at radius 3 is 2.55 bits per heavy atom. The van der Waals surface area contributed by atoms with Crippen molar-refractivity contribution in [3.63, 3.8) is 0 Å². The summed E-state index contributed by atoms with van der Waals surface area (Å²) in [4.78, 5) is 0. The second-order valence-electron chi connectivity index (χ2n) is 4.26. The lowest BCUT2D eigenvalue weighted by molar-refractivity contribution is 0.335. The van der Waals surface area contributed by atoms with Crippen LogP contribution < -0.4 is 10.5 Å². The molecule has 2 rings (SSSR count). The lowest BCUT2D eigenvalue weighted by Crippen LogP contribution is -2.14. The van der Waals surface area contributed by atoms with Crippen LogP contribution in [0.25, 0.3) is 0 Å². The molecule has 2 nitrogen and oxygen atoms in total. The molecule has 0 aliphatic carbocycles. The van der Waals surface area contributed by atoms with Gasteiger partial charge in [-0.2, -0.15) is 0 Å². The molecule has 2 N–H and O–H groups in total. The molecule has 2 aromatic rings. The van der Waals surface area contributed by atoms with E-state index in [1.165, 1.54) is 12.1 Å². The van der Waals surface area contributed by atoms with E-state index in [0.29, 0.717) is 11.1 Å². The van der Waals surface area contributed by atoms with Gasteiger partial charge in [0.2, 0.25) is 0 Å². The summed E-state index contributed by atoms with van der Waals surface area (Å²) in [7, 11) is 0. The first-order valence-electron chi connectivity index (χ1n) is 6.15. The summed E-state index contributed by atoms with van der Waals surface area (Å²) in [6.07, 6.45) is 0. The first-order valence-corrected chi connectivity index (χ1v) is 7.74. The Hall–Kier alpha value is -0.910. The van der Waals surface area contributed by atoms with Crippen molar-refractivity contribution >= 4 is 31.9 Å². The molecule has 0 amide bonds. The summed E-state index contributed by atoms with van der Waals surface area (Å²) < 4.78 is 20.3. The summed E-state index contributed by atoms with van der Waals surface area (Å²) >= 11 is 6.79. The molecule has 0 aromatic heterocycles. The molecular formula is C15H14Br2FNO. The molecule has 0 aliphatic rings. The van der Waals surface area contributed by atoms with E-state index in [4.69, 9.17) is 10.5 Å². The van der Waals surface area contributed by atoms with Crippen LogP contribution in [0, 0.1) is 5.82 Å². The van der Waals surface area contributed by atoms with Gasteiger partial charge in [-0.1, -0.05) is 37.9 Å². The smallest absolute Gasteiger partial charge is 0.124 e. The summed E-state index contributed by atoms with van der Waals surface area (Å²) in [6.45, 7) is 2.48. The molecule has 0 heterocycles. The van der Waals surface area contributed by atoms with Crippen molar-refractivity contribution in [2.45, 2.75) is 13.0 Å². The molecule has 1 atom stereocenters. The normalized spacial score (nSPS) is 12.2. The lowest BCUT2D eigenvalue weighted by atomic mass is 9.99. The number of ether oxygens (including phenoxy) is 1. The number of halogens is 3. The van der Waals surface area contributed by atoms with Crippen molar-refractivity contribution in [1.82, 2.24) is 0 Å². The zero-order chi connectivity index (χ0) is 14.7. The van der Waals surface area contributed by atoms with Crippen LogP contribution in [0.5, 0.6) is 5.75 Å². The molecule has 0 saturated heterocycles. The monoisotopic (exact) mass is 401 g/mol. The van der Waals surface area contributed by atoms with Gasteiger partial charge < -0.3 is 10.5 Å². The minimum atomic E-state index is -0.399. The fraction of sp³-hybridized carbons (Fsp3) is 0.200. The molecule has 20 heavy (non-hydrogen) atoms. The van der Waals surface area contributed by atoms with Crippen LogP contribution in [0.2, 0.25) is 0 Å². The van der Waals surface area contributed by atoms with E-state index >= 15 is 0 Å². The number of hydrogen-bond acceptors (Lipinski definition) is 2. The average molecular weight is 403 g/mol. The predicted octanol–water partition coefficient (Wildman–Crippen LogP) is 4.80. The second-order valence-corrected chi connectivity index (χ2v) is 6.03. The molecule has 0 spiro atoms. The van der Waals surface area contributed by atoms with E-state index in [1.807, 2.05) is 25.1 Å². The molecule has 0 saturated carbocycles. The highest BCUT2D eigenvalue weighted by Crippen LogP contribution is 2.34. The number of rotatable bonds is 4. The van der Waals surface area contributed by atoms with E-state index in [-0.39, 0.29) is 5.82 Å². The molecule has 0 fully saturated rings. The lowest BCUT2D eigenvalue weighted by Gasteiger charge is -2.18. The fourth-order valence-electron chi connectivity index (χ4n) is 1.97. The molecule has 0 radical (unpaired) electrons. The van der Waals surface area contributed by atoms with Gasteiger partial charge in [0.25, 0.3) is 0 Å². The van der Waals surface area contributed by atoms with Crippen LogP contribution >= 0.6 is 31.9 Å². The standard InChI is InChI=1S/C15H14Br2FNO/c1-2-20-14-6-3-9(16)7-12(14)15(19)11-5-4-10(18)8-13(11)17/h3-8,15H,2,19H2,1H3. The topological polar surface area (TPSA) is 35.2 Å². The zero-order valence-electron chi connectivity index (χ0n) is 10.9. The Kier molecular flexibility index (Phi) is 5.18. The first-order chi connectivity index (χ1) is 9.52. The summed E-state index contributed by atoms with van der Waals surface area (Å²) in [5.41, 5.74) is 7.98. The Morgan fingerprint density at radius 1 is 1.15 bits per heavy atom. The minimum Gasteiger partial charge on any atom is -0.494 e. The van der Waals surface area contributed by atoms with E-state index < -0.39 is 6.04 Å². The van der Waals surface area contributed by atoms with Gasteiger partial charge in [0, 0.05) is 14.5 Å². The van der Waals surface area contributed by atoms with Crippen LogP contribution in [-0.2, 0) is 0 Å². The Bertz CT molecular complexity index is 619. The van der Waals surface area contributed by atoms with E-state index in [9.17, 15) is 4.39 Å². The summed E-state index contributed by atoms with van der Waals surface area (Å²) in [6, 6.07) is 9.79. The third-order valence-corrected chi connectivity index (χ3v) is 4.08. The van der Waals surface area contributed by atoms with Gasteiger partial charge in [0.1, 0.15) is 11.6 Å². The SMILES string of the molecule is CCOc1ccc(Br)cc1C(N)c1ccc(F)cc1Br. The maximum Gasteiger partial charge on any atom is 0.124 e. The molecule has 106 valence electrons. The van der Waals surface area contributed by atoms with Crippen LogP contribution in [-0.4, -0.2) is 6.61 Å². The minimum absolute atomic E-state index is 0.299. The van der Waals surface area contributed by atoms with Crippen LogP contribution in [0.15, 0.2) is 45.3 Å². The van der Waals surface area contributed by atoms with Gasteiger partial charge in [-0.05, 0) is 42.8 Å². The van der Waals surface area contributed by atoms with Crippen molar-refractivity contribution < 1.29 is 9.13 Å². The fourth-order valence-corrected chi connectivity index (χ4v) is 2.95. The molecule has 2 aromatic carbocycles. The Balaban J connectivity index is 2.46. The third kappa shape index (κ3) is 3.40. The van der Waals surface area contributed by atoms with Gasteiger partial charge in [-0.15, -0.1) is 0 Å². The van der Waals surface area contributed by atoms with Gasteiger partial charge >= 0.3 is 0 Å². The number of nitrogens with two attached hydrogens (primary N) is 1. The van der Waals surface area contributed by atoms with Crippen molar-refractivity contribution in [2.24, 2.45) is 5.73 Å². The predicted molar refractivity (Wildman–Crippen MR) is 85.4 cm³/mol. The average Bonchev–Trinajstić information content (AvgIpc) is 2.40. The maximum atomic E-state index is 13.2. The quantitative estimate of drug-likeness (QED) is 0.797. The summed E-state index contributed by atoms with van der Waals surface area (Å²) in [5.74, 6) is 0.437. The Labute approximate surface area is 134 Å². The zero-order valence-corrected chi connectivity index (χ0v) is 14.0. The van der Waals surface area contributed by atoms with E-state index in [1.54, 1.807) is 6.07 Å². The molecule has 1 unspecified atom stereocenters. The number of hydrogen-bond donors (Lipinski definition) is 1. The molecule has 5 heteroatoms. The van der Waals surface area contributed by atoms with E-state index in [2.05, 4.69) is 31.9 Å². The van der Waals surface area contributed by atoms with Gasteiger partial charge in [0.05, 0.1) is 12.6 Å². The first kappa shape index (κ1) is 15.5. The van der Waals surface area contributed by atoms with E-state index in [0.717, 1.165) is 21.3 Å². The van der Waals surface area contributed by atoms with Crippen molar-refractivity contribution in [3.05, 3.63) is 62.3 Å². The highest BCUT2D eigenvalue weighted by Gasteiger charge is 2.17. The second kappa shape index (κ2) is 6.70. The van der Waals surface area contributed by atoms with Gasteiger partial charge in [-0.25, -0.2) is 4.39 Å². The Morgan fingerprint density at radius 2 is 1.90 bits per heavy atom. The molecule has 0 bridgehead atoms. The number of benzene rings is 2. The van der Waals surface area contributed by atoms with Crippen LogP contribution in [0.3, 0.4) is 0 Å². The largest absolute Gasteiger partial charge is 0.494 e. The van der Waals surface area contributed by atoms with Gasteiger partial charge in [-0.3, -0.25) is 0 Å². The maximum absolute atomic E-state index is 13.2.